The van der Waals surface area contributed by atoms with Crippen LogP contribution in [0.25, 0.3) is 0 Å². The van der Waals surface area contributed by atoms with E-state index in [2.05, 4.69) is 6.58 Å². The lowest BCUT2D eigenvalue weighted by molar-refractivity contribution is -0.141. The predicted octanol–water partition coefficient (Wildman–Crippen LogP) is 2.33. The third-order valence-electron chi connectivity index (χ3n) is 2.74. The molecular weight excluding hydrogens is 242 g/mol. The smallest absolute Gasteiger partial charge is 0.251 e. The van der Waals surface area contributed by atoms with Crippen molar-refractivity contribution in [2.75, 3.05) is 13.7 Å². The normalized spacial score (nSPS) is 11.9. The second-order valence-electron chi connectivity index (χ2n) is 4.45. The van der Waals surface area contributed by atoms with Crippen LogP contribution in [-0.4, -0.2) is 35.7 Å². The Morgan fingerprint density at radius 3 is 2.95 bits per heavy atom. The Bertz CT molecular complexity index is 431. The van der Waals surface area contributed by atoms with Crippen molar-refractivity contribution >= 4 is 5.91 Å². The molecule has 104 valence electrons. The van der Waals surface area contributed by atoms with E-state index in [0.29, 0.717) is 13.2 Å². The molecule has 4 heteroatoms. The Morgan fingerprint density at radius 1 is 1.58 bits per heavy atom. The lowest BCUT2D eigenvalue weighted by Crippen LogP contribution is -2.36. The number of phenolic OH excluding ortho intramolecular Hbond substituents is 1. The fraction of sp³-hybridized carbons (Fsp3) is 0.400. The first-order valence-electron chi connectivity index (χ1n) is 6.30. The molecule has 0 aliphatic rings. The van der Waals surface area contributed by atoms with Crippen molar-refractivity contribution in [2.45, 2.75) is 26.0 Å². The van der Waals surface area contributed by atoms with Gasteiger partial charge in [0, 0.05) is 13.6 Å². The Hall–Kier alpha value is -1.81. The van der Waals surface area contributed by atoms with Gasteiger partial charge in [-0.05, 0) is 31.0 Å². The van der Waals surface area contributed by atoms with E-state index >= 15 is 0 Å². The average Bonchev–Trinajstić information content (AvgIpc) is 2.38. The molecule has 1 atom stereocenters. The van der Waals surface area contributed by atoms with E-state index in [9.17, 15) is 9.90 Å². The standard InChI is InChI=1S/C15H21NO3/c1-4-5-9-19-12(2)15(18)16(3)11-13-7-6-8-14(17)10-13/h4,6-8,10,12,17H,1,5,9,11H2,2-3H3. The summed E-state index contributed by atoms with van der Waals surface area (Å²) in [5, 5.41) is 9.38. The summed E-state index contributed by atoms with van der Waals surface area (Å²) in [5.74, 6) is 0.126. The number of carbonyl (C=O) groups excluding carboxylic acids is 1. The first kappa shape index (κ1) is 15.2. The maximum absolute atomic E-state index is 12.0. The number of carbonyl (C=O) groups is 1. The minimum atomic E-state index is -0.470. The van der Waals surface area contributed by atoms with Gasteiger partial charge in [0.15, 0.2) is 0 Å². The molecule has 1 aromatic carbocycles. The highest BCUT2D eigenvalue weighted by molar-refractivity contribution is 5.80. The van der Waals surface area contributed by atoms with Crippen LogP contribution in [0.15, 0.2) is 36.9 Å². The second-order valence-corrected chi connectivity index (χ2v) is 4.45. The zero-order valence-corrected chi connectivity index (χ0v) is 11.5. The molecule has 0 saturated heterocycles. The molecule has 0 aliphatic carbocycles. The molecule has 1 N–H and O–H groups in total. The van der Waals surface area contributed by atoms with E-state index in [0.717, 1.165) is 12.0 Å². The fourth-order valence-electron chi connectivity index (χ4n) is 1.72. The number of ether oxygens (including phenoxy) is 1. The number of hydrogen-bond donors (Lipinski definition) is 1. The number of rotatable bonds is 7. The Balaban J connectivity index is 2.50. The molecule has 1 aromatic rings. The lowest BCUT2D eigenvalue weighted by Gasteiger charge is -2.21. The molecule has 0 bridgehead atoms. The zero-order chi connectivity index (χ0) is 14.3. The van der Waals surface area contributed by atoms with Crippen molar-refractivity contribution in [1.82, 2.24) is 4.90 Å². The quantitative estimate of drug-likeness (QED) is 0.607. The summed E-state index contributed by atoms with van der Waals surface area (Å²) in [7, 11) is 1.72. The number of phenols is 1. The van der Waals surface area contributed by atoms with Gasteiger partial charge in [-0.1, -0.05) is 18.2 Å². The molecule has 0 fully saturated rings. The highest BCUT2D eigenvalue weighted by Gasteiger charge is 2.17. The van der Waals surface area contributed by atoms with E-state index in [4.69, 9.17) is 4.74 Å². The first-order valence-corrected chi connectivity index (χ1v) is 6.30. The van der Waals surface area contributed by atoms with Gasteiger partial charge in [-0.2, -0.15) is 0 Å². The Labute approximate surface area is 114 Å². The van der Waals surface area contributed by atoms with Crippen molar-refractivity contribution in [2.24, 2.45) is 0 Å². The van der Waals surface area contributed by atoms with E-state index in [1.165, 1.54) is 0 Å². The average molecular weight is 263 g/mol. The van der Waals surface area contributed by atoms with Crippen LogP contribution in [0.3, 0.4) is 0 Å². The molecular formula is C15H21NO3. The van der Waals surface area contributed by atoms with Gasteiger partial charge in [-0.3, -0.25) is 4.79 Å². The molecule has 0 spiro atoms. The molecule has 19 heavy (non-hydrogen) atoms. The SMILES string of the molecule is C=CCCOC(C)C(=O)N(C)Cc1cccc(O)c1. The lowest BCUT2D eigenvalue weighted by atomic mass is 10.2. The van der Waals surface area contributed by atoms with Gasteiger partial charge >= 0.3 is 0 Å². The topological polar surface area (TPSA) is 49.8 Å². The molecule has 0 aromatic heterocycles. The van der Waals surface area contributed by atoms with Crippen molar-refractivity contribution in [1.29, 1.82) is 0 Å². The van der Waals surface area contributed by atoms with E-state index in [-0.39, 0.29) is 11.7 Å². The summed E-state index contributed by atoms with van der Waals surface area (Å²) in [6.07, 6.45) is 2.02. The Morgan fingerprint density at radius 2 is 2.32 bits per heavy atom. The largest absolute Gasteiger partial charge is 0.508 e. The van der Waals surface area contributed by atoms with Gasteiger partial charge in [0.1, 0.15) is 11.9 Å². The van der Waals surface area contributed by atoms with Crippen molar-refractivity contribution in [3.05, 3.63) is 42.5 Å². The summed E-state index contributed by atoms with van der Waals surface area (Å²) in [4.78, 5) is 13.6. The monoisotopic (exact) mass is 263 g/mol. The molecule has 1 amide bonds. The number of amides is 1. The maximum Gasteiger partial charge on any atom is 0.251 e. The molecule has 0 saturated carbocycles. The van der Waals surface area contributed by atoms with Crippen LogP contribution in [0.5, 0.6) is 5.75 Å². The third-order valence-corrected chi connectivity index (χ3v) is 2.74. The van der Waals surface area contributed by atoms with Gasteiger partial charge < -0.3 is 14.7 Å². The fourth-order valence-corrected chi connectivity index (χ4v) is 1.72. The second kappa shape index (κ2) is 7.59. The van der Waals surface area contributed by atoms with Crippen molar-refractivity contribution in [3.8, 4) is 5.75 Å². The van der Waals surface area contributed by atoms with Crippen LogP contribution in [0.4, 0.5) is 0 Å². The highest BCUT2D eigenvalue weighted by atomic mass is 16.5. The number of benzene rings is 1. The van der Waals surface area contributed by atoms with Gasteiger partial charge in [0.05, 0.1) is 6.61 Å². The third kappa shape index (κ3) is 5.14. The van der Waals surface area contributed by atoms with Crippen molar-refractivity contribution in [3.63, 3.8) is 0 Å². The number of aromatic hydroxyl groups is 1. The summed E-state index contributed by atoms with van der Waals surface area (Å²) < 4.78 is 5.41. The molecule has 1 unspecified atom stereocenters. The highest BCUT2D eigenvalue weighted by Crippen LogP contribution is 2.13. The number of likely N-dealkylation sites (N-methyl/N-ethyl adjacent to an activating group) is 1. The minimum absolute atomic E-state index is 0.0765. The molecule has 0 aliphatic heterocycles. The molecule has 1 rings (SSSR count). The van der Waals surface area contributed by atoms with Crippen LogP contribution >= 0.6 is 0 Å². The number of nitrogens with zero attached hydrogens (tertiary/aromatic N) is 1. The van der Waals surface area contributed by atoms with Gasteiger partial charge in [-0.25, -0.2) is 0 Å². The van der Waals surface area contributed by atoms with Crippen LogP contribution in [-0.2, 0) is 16.1 Å². The summed E-state index contributed by atoms with van der Waals surface area (Å²) in [6.45, 7) is 6.29. The van der Waals surface area contributed by atoms with Crippen LogP contribution in [0.1, 0.15) is 18.9 Å². The minimum Gasteiger partial charge on any atom is -0.508 e. The van der Waals surface area contributed by atoms with Gasteiger partial charge in [-0.15, -0.1) is 6.58 Å². The molecule has 4 nitrogen and oxygen atoms in total. The molecule has 0 radical (unpaired) electrons. The zero-order valence-electron chi connectivity index (χ0n) is 11.5. The van der Waals surface area contributed by atoms with Gasteiger partial charge in [0.25, 0.3) is 5.91 Å². The first-order chi connectivity index (χ1) is 9.04. The molecule has 0 heterocycles. The Kier molecular flexibility index (Phi) is 6.09. The van der Waals surface area contributed by atoms with E-state index in [1.54, 1.807) is 43.1 Å². The van der Waals surface area contributed by atoms with E-state index < -0.39 is 6.10 Å². The van der Waals surface area contributed by atoms with Gasteiger partial charge in [0.2, 0.25) is 0 Å². The maximum atomic E-state index is 12.0. The summed E-state index contributed by atoms with van der Waals surface area (Å²) in [6, 6.07) is 6.87. The predicted molar refractivity (Wildman–Crippen MR) is 74.8 cm³/mol. The van der Waals surface area contributed by atoms with Crippen LogP contribution in [0, 0.1) is 0 Å². The van der Waals surface area contributed by atoms with Crippen LogP contribution in [0.2, 0.25) is 0 Å². The summed E-state index contributed by atoms with van der Waals surface area (Å²) >= 11 is 0. The van der Waals surface area contributed by atoms with Crippen LogP contribution < -0.4 is 0 Å². The number of hydrogen-bond acceptors (Lipinski definition) is 3. The summed E-state index contributed by atoms with van der Waals surface area (Å²) in [5.41, 5.74) is 0.883. The van der Waals surface area contributed by atoms with E-state index in [1.807, 2.05) is 6.07 Å². The van der Waals surface area contributed by atoms with Crippen molar-refractivity contribution < 1.29 is 14.6 Å².